The van der Waals surface area contributed by atoms with Crippen molar-refractivity contribution in [2.75, 3.05) is 20.1 Å². The lowest BCUT2D eigenvalue weighted by Gasteiger charge is -2.44. The third-order valence-corrected chi connectivity index (χ3v) is 6.73. The summed E-state index contributed by atoms with van der Waals surface area (Å²) in [4.78, 5) is 27.2. The Hall–Kier alpha value is -2.67. The number of aromatic nitrogens is 2. The molecule has 3 heterocycles. The van der Waals surface area contributed by atoms with E-state index in [9.17, 15) is 9.59 Å². The highest BCUT2D eigenvalue weighted by molar-refractivity contribution is 5.92. The van der Waals surface area contributed by atoms with Crippen LogP contribution in [0, 0.1) is 0 Å². The van der Waals surface area contributed by atoms with Crippen LogP contribution in [0.1, 0.15) is 47.4 Å². The van der Waals surface area contributed by atoms with Crippen molar-refractivity contribution in [3.63, 3.8) is 0 Å². The van der Waals surface area contributed by atoms with Gasteiger partial charge in [-0.25, -0.2) is 0 Å². The largest absolute Gasteiger partial charge is 0.367 e. The summed E-state index contributed by atoms with van der Waals surface area (Å²) in [7, 11) is 1.60. The molecule has 7 heteroatoms. The number of likely N-dealkylation sites (tertiary alicyclic amines) is 1. The fraction of sp³-hybridized carbons (Fsp3) is 0.500. The molecule has 1 N–H and O–H groups in total. The van der Waals surface area contributed by atoms with Gasteiger partial charge in [-0.1, -0.05) is 30.3 Å². The molecule has 0 unspecified atom stereocenters. The van der Waals surface area contributed by atoms with Gasteiger partial charge >= 0.3 is 0 Å². The van der Waals surface area contributed by atoms with E-state index < -0.39 is 0 Å². The average molecular weight is 394 g/mol. The predicted octanol–water partition coefficient (Wildman–Crippen LogP) is 1.87. The van der Waals surface area contributed by atoms with E-state index in [0.717, 1.165) is 36.9 Å². The average Bonchev–Trinajstić information content (AvgIpc) is 3.47. The minimum atomic E-state index is -0.309. The topological polar surface area (TPSA) is 76.5 Å². The van der Waals surface area contributed by atoms with E-state index in [1.807, 2.05) is 27.8 Å². The predicted molar refractivity (Wildman–Crippen MR) is 106 cm³/mol. The van der Waals surface area contributed by atoms with Crippen LogP contribution in [-0.4, -0.2) is 52.2 Å². The van der Waals surface area contributed by atoms with Gasteiger partial charge in [-0.05, 0) is 37.3 Å². The van der Waals surface area contributed by atoms with Gasteiger partial charge in [0.1, 0.15) is 0 Å². The molecule has 152 valence electrons. The Kier molecular flexibility index (Phi) is 4.24. The highest BCUT2D eigenvalue weighted by atomic mass is 16.5. The summed E-state index contributed by atoms with van der Waals surface area (Å²) in [5, 5.41) is 7.07. The molecular formula is C22H26N4O3. The van der Waals surface area contributed by atoms with Gasteiger partial charge in [-0.2, -0.15) is 5.10 Å². The molecule has 1 aliphatic carbocycles. The molecule has 2 amide bonds. The molecule has 2 fully saturated rings. The summed E-state index contributed by atoms with van der Waals surface area (Å²) >= 11 is 0. The van der Waals surface area contributed by atoms with Crippen LogP contribution in [0.3, 0.4) is 0 Å². The number of hydrogen-bond acceptors (Lipinski definition) is 4. The summed E-state index contributed by atoms with van der Waals surface area (Å²) in [5.74, 6) is 0.0769. The number of piperidine rings is 1. The molecule has 0 bridgehead atoms. The highest BCUT2D eigenvalue weighted by Crippen LogP contribution is 2.50. The normalized spacial score (nSPS) is 21.5. The van der Waals surface area contributed by atoms with Crippen molar-refractivity contribution in [3.05, 3.63) is 53.3 Å². The maximum atomic E-state index is 13.3. The first-order valence-electron chi connectivity index (χ1n) is 10.3. The zero-order chi connectivity index (χ0) is 20.1. The zero-order valence-electron chi connectivity index (χ0n) is 16.7. The number of carbonyl (C=O) groups is 2. The van der Waals surface area contributed by atoms with Crippen LogP contribution >= 0.6 is 0 Å². The van der Waals surface area contributed by atoms with E-state index in [1.54, 1.807) is 13.1 Å². The van der Waals surface area contributed by atoms with Crippen molar-refractivity contribution in [1.82, 2.24) is 20.0 Å². The third-order valence-electron chi connectivity index (χ3n) is 6.73. The number of nitrogens with zero attached hydrogens (tertiary/aromatic N) is 3. The molecule has 1 aromatic carbocycles. The lowest BCUT2D eigenvalue weighted by Crippen LogP contribution is -2.53. The Morgan fingerprint density at radius 2 is 1.83 bits per heavy atom. The molecule has 7 nitrogen and oxygen atoms in total. The molecule has 1 saturated heterocycles. The zero-order valence-corrected chi connectivity index (χ0v) is 16.7. The van der Waals surface area contributed by atoms with Gasteiger partial charge in [-0.3, -0.25) is 14.3 Å². The number of nitrogens with one attached hydrogen (secondary N) is 1. The van der Waals surface area contributed by atoms with Crippen molar-refractivity contribution in [1.29, 1.82) is 0 Å². The van der Waals surface area contributed by atoms with E-state index >= 15 is 0 Å². The van der Waals surface area contributed by atoms with Crippen LogP contribution < -0.4 is 5.32 Å². The first kappa shape index (κ1) is 18.4. The van der Waals surface area contributed by atoms with Crippen LogP contribution in [0.4, 0.5) is 0 Å². The van der Waals surface area contributed by atoms with Gasteiger partial charge in [0.15, 0.2) is 5.69 Å². The molecule has 29 heavy (non-hydrogen) atoms. The van der Waals surface area contributed by atoms with Crippen molar-refractivity contribution in [2.24, 2.45) is 0 Å². The number of amides is 2. The number of hydrogen-bond donors (Lipinski definition) is 1. The minimum Gasteiger partial charge on any atom is -0.367 e. The van der Waals surface area contributed by atoms with Crippen LogP contribution in [0.25, 0.3) is 0 Å². The van der Waals surface area contributed by atoms with E-state index in [-0.39, 0.29) is 22.8 Å². The quantitative estimate of drug-likeness (QED) is 0.862. The van der Waals surface area contributed by atoms with E-state index in [0.29, 0.717) is 31.9 Å². The van der Waals surface area contributed by atoms with Crippen LogP contribution in [-0.2, 0) is 28.1 Å². The van der Waals surface area contributed by atoms with E-state index in [2.05, 4.69) is 22.5 Å². The number of carbonyl (C=O) groups excluding carboxylic acids is 2. The van der Waals surface area contributed by atoms with E-state index in [4.69, 9.17) is 4.74 Å². The van der Waals surface area contributed by atoms with Gasteiger partial charge in [0.25, 0.3) is 5.91 Å². The molecule has 5 rings (SSSR count). The van der Waals surface area contributed by atoms with Gasteiger partial charge in [0.05, 0.1) is 29.9 Å². The fourth-order valence-corrected chi connectivity index (χ4v) is 4.72. The van der Waals surface area contributed by atoms with Crippen LogP contribution in [0.2, 0.25) is 0 Å². The summed E-state index contributed by atoms with van der Waals surface area (Å²) in [6.07, 6.45) is 3.45. The minimum absolute atomic E-state index is 0.183. The highest BCUT2D eigenvalue weighted by Gasteiger charge is 2.54. The molecule has 3 aliphatic rings. The lowest BCUT2D eigenvalue weighted by atomic mass is 9.88. The molecule has 0 radical (unpaired) electrons. The standard InChI is InChI=1S/C22H26N4O3/c1-23-19(27)18-13-17-14-29-21(15-26(17)24-18)9-11-25(12-10-21)20(28)22(7-8-22)16-5-3-2-4-6-16/h2-6,13H,7-12,14-15H2,1H3,(H,23,27). The van der Waals surface area contributed by atoms with Crippen LogP contribution in [0.15, 0.2) is 36.4 Å². The van der Waals surface area contributed by atoms with Gasteiger partial charge in [0.2, 0.25) is 5.91 Å². The number of fused-ring (bicyclic) bond motifs is 1. The maximum Gasteiger partial charge on any atom is 0.271 e. The summed E-state index contributed by atoms with van der Waals surface area (Å²) in [6.45, 7) is 2.48. The second-order valence-corrected chi connectivity index (χ2v) is 8.47. The number of rotatable bonds is 3. The molecule has 2 aromatic rings. The fourth-order valence-electron chi connectivity index (χ4n) is 4.72. The van der Waals surface area contributed by atoms with Gasteiger partial charge in [0, 0.05) is 20.1 Å². The molecule has 1 aromatic heterocycles. The first-order chi connectivity index (χ1) is 14.1. The summed E-state index contributed by atoms with van der Waals surface area (Å²) in [5.41, 5.74) is 1.88. The van der Waals surface area contributed by atoms with Crippen molar-refractivity contribution >= 4 is 11.8 Å². The Balaban J connectivity index is 1.27. The third kappa shape index (κ3) is 3.04. The maximum absolute atomic E-state index is 13.3. The smallest absolute Gasteiger partial charge is 0.271 e. The number of benzene rings is 1. The first-order valence-corrected chi connectivity index (χ1v) is 10.3. The van der Waals surface area contributed by atoms with Crippen molar-refractivity contribution < 1.29 is 14.3 Å². The second-order valence-electron chi connectivity index (χ2n) is 8.47. The van der Waals surface area contributed by atoms with Gasteiger partial charge in [-0.15, -0.1) is 0 Å². The Morgan fingerprint density at radius 3 is 2.48 bits per heavy atom. The van der Waals surface area contributed by atoms with E-state index in [1.165, 1.54) is 0 Å². The number of ether oxygens (including phenoxy) is 1. The molecule has 1 saturated carbocycles. The van der Waals surface area contributed by atoms with Crippen molar-refractivity contribution in [3.8, 4) is 0 Å². The van der Waals surface area contributed by atoms with Crippen molar-refractivity contribution in [2.45, 2.75) is 49.9 Å². The molecule has 1 spiro atoms. The Morgan fingerprint density at radius 1 is 1.10 bits per heavy atom. The van der Waals surface area contributed by atoms with Crippen LogP contribution in [0.5, 0.6) is 0 Å². The summed E-state index contributed by atoms with van der Waals surface area (Å²) in [6, 6.07) is 12.0. The van der Waals surface area contributed by atoms with Gasteiger partial charge < -0.3 is 15.0 Å². The second kappa shape index (κ2) is 6.69. The Bertz CT molecular complexity index is 940. The Labute approximate surface area is 170 Å². The molecule has 2 aliphatic heterocycles. The summed E-state index contributed by atoms with van der Waals surface area (Å²) < 4.78 is 8.14. The molecule has 0 atom stereocenters. The lowest BCUT2D eigenvalue weighted by molar-refractivity contribution is -0.148. The molecular weight excluding hydrogens is 368 g/mol. The monoisotopic (exact) mass is 394 g/mol. The SMILES string of the molecule is CNC(=O)c1cc2n(n1)CC1(CCN(C(=O)C3(c4ccccc4)CC3)CC1)OC2.